The van der Waals surface area contributed by atoms with Gasteiger partial charge in [-0.2, -0.15) is 5.10 Å². The molecule has 0 aliphatic rings. The predicted molar refractivity (Wildman–Crippen MR) is 92.0 cm³/mol. The van der Waals surface area contributed by atoms with E-state index in [0.717, 1.165) is 16.7 Å². The number of aryl methyl sites for hydroxylation is 1. The van der Waals surface area contributed by atoms with E-state index < -0.39 is 0 Å². The van der Waals surface area contributed by atoms with E-state index in [9.17, 15) is 0 Å². The van der Waals surface area contributed by atoms with Gasteiger partial charge in [-0.15, -0.1) is 0 Å². The lowest BCUT2D eigenvalue weighted by Crippen LogP contribution is -2.26. The molecule has 1 aromatic heterocycles. The Labute approximate surface area is 139 Å². The second kappa shape index (κ2) is 6.95. The molecule has 0 saturated carbocycles. The van der Waals surface area contributed by atoms with Gasteiger partial charge in [-0.25, -0.2) is 0 Å². The van der Waals surface area contributed by atoms with Gasteiger partial charge in [0.1, 0.15) is 0 Å². The molecule has 1 N–H and O–H groups in total. The minimum atomic E-state index is 0.0154. The minimum Gasteiger partial charge on any atom is -0.305 e. The lowest BCUT2D eigenvalue weighted by molar-refractivity contribution is 0.476. The van der Waals surface area contributed by atoms with Crippen LogP contribution in [0, 0.1) is 6.92 Å². The Kier molecular flexibility index (Phi) is 5.47. The van der Waals surface area contributed by atoms with Crippen molar-refractivity contribution < 1.29 is 0 Å². The molecule has 1 heterocycles. The molecule has 2 aromatic rings. The van der Waals surface area contributed by atoms with Crippen molar-refractivity contribution in [1.29, 1.82) is 0 Å². The Hall–Kier alpha value is -0.840. The van der Waals surface area contributed by atoms with Crippen LogP contribution >= 0.6 is 27.5 Å². The molecular formula is C16H21BrClN3. The normalized spacial score (nSPS) is 12.9. The Morgan fingerprint density at radius 1 is 1.38 bits per heavy atom. The van der Waals surface area contributed by atoms with Crippen molar-refractivity contribution in [2.45, 2.75) is 39.8 Å². The van der Waals surface area contributed by atoms with E-state index in [1.54, 1.807) is 6.20 Å². The summed E-state index contributed by atoms with van der Waals surface area (Å²) in [4.78, 5) is 0. The van der Waals surface area contributed by atoms with Gasteiger partial charge in [-0.05, 0) is 38.9 Å². The van der Waals surface area contributed by atoms with Crippen LogP contribution in [0.1, 0.15) is 49.7 Å². The summed E-state index contributed by atoms with van der Waals surface area (Å²) in [7, 11) is 0. The lowest BCUT2D eigenvalue weighted by Gasteiger charge is -2.23. The van der Waals surface area contributed by atoms with Gasteiger partial charge < -0.3 is 5.32 Å². The van der Waals surface area contributed by atoms with Crippen LogP contribution in [-0.2, 0) is 0 Å². The number of hydrogen-bond acceptors (Lipinski definition) is 2. The maximum atomic E-state index is 6.42. The number of nitrogens with one attached hydrogen (secondary N) is 1. The summed E-state index contributed by atoms with van der Waals surface area (Å²) in [5, 5.41) is 8.65. The SMILES string of the molecule is CCNC(c1cc(C)ccc1Br)c1c(Cl)cnn1C(C)C. The molecule has 3 nitrogen and oxygen atoms in total. The fourth-order valence-electron chi connectivity index (χ4n) is 2.47. The highest BCUT2D eigenvalue weighted by atomic mass is 79.9. The Balaban J connectivity index is 2.59. The van der Waals surface area contributed by atoms with Gasteiger partial charge in [0.15, 0.2) is 0 Å². The van der Waals surface area contributed by atoms with Crippen LogP contribution in [-0.4, -0.2) is 16.3 Å². The summed E-state index contributed by atoms with van der Waals surface area (Å²) in [5.41, 5.74) is 3.42. The van der Waals surface area contributed by atoms with E-state index in [2.05, 4.69) is 72.2 Å². The fraction of sp³-hybridized carbons (Fsp3) is 0.438. The number of halogens is 2. The van der Waals surface area contributed by atoms with Gasteiger partial charge >= 0.3 is 0 Å². The van der Waals surface area contributed by atoms with Crippen LogP contribution in [0.25, 0.3) is 0 Å². The van der Waals surface area contributed by atoms with E-state index in [-0.39, 0.29) is 12.1 Å². The maximum absolute atomic E-state index is 6.42. The minimum absolute atomic E-state index is 0.0154. The standard InChI is InChI=1S/C16H21BrClN3/c1-5-19-15(12-8-11(4)6-7-13(12)17)16-14(18)9-20-21(16)10(2)3/h6-10,15,19H,5H2,1-4H3. The molecule has 0 aliphatic carbocycles. The van der Waals surface area contributed by atoms with Crippen LogP contribution in [0.2, 0.25) is 5.02 Å². The first kappa shape index (κ1) is 16.5. The van der Waals surface area contributed by atoms with Crippen LogP contribution in [0.5, 0.6) is 0 Å². The van der Waals surface area contributed by atoms with Crippen molar-refractivity contribution in [3.05, 3.63) is 50.7 Å². The summed E-state index contributed by atoms with van der Waals surface area (Å²) in [6.07, 6.45) is 1.73. The second-order valence-corrected chi connectivity index (χ2v) is 6.69. The van der Waals surface area contributed by atoms with Crippen molar-refractivity contribution >= 4 is 27.5 Å². The van der Waals surface area contributed by atoms with Gasteiger partial charge in [0, 0.05) is 10.5 Å². The zero-order chi connectivity index (χ0) is 15.6. The largest absolute Gasteiger partial charge is 0.305 e. The molecule has 2 rings (SSSR count). The summed E-state index contributed by atoms with van der Waals surface area (Å²) in [6, 6.07) is 6.64. The van der Waals surface area contributed by atoms with E-state index in [1.807, 2.05) is 4.68 Å². The lowest BCUT2D eigenvalue weighted by atomic mass is 10.0. The molecule has 0 amide bonds. The van der Waals surface area contributed by atoms with Crippen LogP contribution in [0.15, 0.2) is 28.9 Å². The first-order valence-corrected chi connectivity index (χ1v) is 8.35. The van der Waals surface area contributed by atoms with Crippen molar-refractivity contribution in [2.24, 2.45) is 0 Å². The highest BCUT2D eigenvalue weighted by Crippen LogP contribution is 2.34. The highest BCUT2D eigenvalue weighted by Gasteiger charge is 2.24. The quantitative estimate of drug-likeness (QED) is 0.812. The third kappa shape index (κ3) is 3.50. The summed E-state index contributed by atoms with van der Waals surface area (Å²) < 4.78 is 3.07. The smallest absolute Gasteiger partial charge is 0.0837 e. The average molecular weight is 371 g/mol. The molecule has 0 saturated heterocycles. The highest BCUT2D eigenvalue weighted by molar-refractivity contribution is 9.10. The van der Waals surface area contributed by atoms with Gasteiger partial charge in [0.05, 0.1) is 23.0 Å². The molecule has 0 spiro atoms. The van der Waals surface area contributed by atoms with Gasteiger partial charge in [-0.3, -0.25) is 4.68 Å². The number of benzene rings is 1. The zero-order valence-corrected chi connectivity index (χ0v) is 15.2. The van der Waals surface area contributed by atoms with Crippen LogP contribution in [0.4, 0.5) is 0 Å². The molecule has 1 atom stereocenters. The number of nitrogens with zero attached hydrogens (tertiary/aromatic N) is 2. The third-order valence-electron chi connectivity index (χ3n) is 3.42. The molecule has 114 valence electrons. The van der Waals surface area contributed by atoms with E-state index in [1.165, 1.54) is 11.1 Å². The Bertz CT molecular complexity index is 622. The molecular weight excluding hydrogens is 350 g/mol. The van der Waals surface area contributed by atoms with Crippen LogP contribution < -0.4 is 5.32 Å². The molecule has 1 unspecified atom stereocenters. The predicted octanol–water partition coefficient (Wildman–Crippen LogP) is 4.89. The number of aromatic nitrogens is 2. The number of hydrogen-bond donors (Lipinski definition) is 1. The molecule has 0 fully saturated rings. The summed E-state index contributed by atoms with van der Waals surface area (Å²) in [6.45, 7) is 9.27. The molecule has 1 aromatic carbocycles. The van der Waals surface area contributed by atoms with Gasteiger partial charge in [0.25, 0.3) is 0 Å². The van der Waals surface area contributed by atoms with E-state index in [0.29, 0.717) is 5.02 Å². The van der Waals surface area contributed by atoms with E-state index >= 15 is 0 Å². The van der Waals surface area contributed by atoms with Crippen LogP contribution in [0.3, 0.4) is 0 Å². The summed E-state index contributed by atoms with van der Waals surface area (Å²) in [5.74, 6) is 0. The second-order valence-electron chi connectivity index (χ2n) is 5.43. The Morgan fingerprint density at radius 2 is 2.10 bits per heavy atom. The van der Waals surface area contributed by atoms with E-state index in [4.69, 9.17) is 11.6 Å². The van der Waals surface area contributed by atoms with Crippen molar-refractivity contribution in [3.8, 4) is 0 Å². The van der Waals surface area contributed by atoms with Crippen molar-refractivity contribution in [1.82, 2.24) is 15.1 Å². The third-order valence-corrected chi connectivity index (χ3v) is 4.43. The topological polar surface area (TPSA) is 29.9 Å². The molecule has 5 heteroatoms. The maximum Gasteiger partial charge on any atom is 0.0837 e. The van der Waals surface area contributed by atoms with Crippen molar-refractivity contribution in [3.63, 3.8) is 0 Å². The first-order valence-electron chi connectivity index (χ1n) is 7.18. The number of rotatable bonds is 5. The van der Waals surface area contributed by atoms with Gasteiger partial charge in [0.2, 0.25) is 0 Å². The Morgan fingerprint density at radius 3 is 2.71 bits per heavy atom. The molecule has 21 heavy (non-hydrogen) atoms. The molecule has 0 aliphatic heterocycles. The zero-order valence-electron chi connectivity index (χ0n) is 12.8. The average Bonchev–Trinajstić information content (AvgIpc) is 2.81. The molecule has 0 bridgehead atoms. The van der Waals surface area contributed by atoms with Gasteiger partial charge in [-0.1, -0.05) is 52.2 Å². The van der Waals surface area contributed by atoms with Crippen molar-refractivity contribution in [2.75, 3.05) is 6.54 Å². The fourth-order valence-corrected chi connectivity index (χ4v) is 3.19. The summed E-state index contributed by atoms with van der Waals surface area (Å²) >= 11 is 10.1. The monoisotopic (exact) mass is 369 g/mol. The molecule has 0 radical (unpaired) electrons. The first-order chi connectivity index (χ1) is 9.95.